The van der Waals surface area contributed by atoms with Crippen molar-refractivity contribution in [1.29, 1.82) is 0 Å². The number of carboxylic acid groups (broad SMARTS) is 1. The Balaban J connectivity index is 1.98. The largest absolute Gasteiger partial charge is 0.507 e. The minimum atomic E-state index is -1.46. The van der Waals surface area contributed by atoms with E-state index in [0.29, 0.717) is 10.7 Å². The average molecular weight is 287 g/mol. The third kappa shape index (κ3) is 3.49. The zero-order chi connectivity index (χ0) is 13.8. The fourth-order valence-corrected chi connectivity index (χ4v) is 1.68. The number of hydrogen-bond acceptors (Lipinski definition) is 4. The van der Waals surface area contributed by atoms with Gasteiger partial charge in [0.25, 0.3) is 0 Å². The molecule has 1 aromatic carbocycles. The second-order valence-corrected chi connectivity index (χ2v) is 4.18. The quantitative estimate of drug-likeness (QED) is 0.814. The first-order chi connectivity index (χ1) is 9.06. The molecular weight excluding hydrogens is 276 g/mol. The van der Waals surface area contributed by atoms with E-state index in [1.54, 1.807) is 24.3 Å². The van der Waals surface area contributed by atoms with Gasteiger partial charge in [-0.2, -0.15) is 0 Å². The molecule has 0 unspecified atom stereocenters. The highest BCUT2D eigenvalue weighted by molar-refractivity contribution is 6.30. The van der Waals surface area contributed by atoms with Crippen molar-refractivity contribution < 1.29 is 24.2 Å². The van der Waals surface area contributed by atoms with E-state index in [0.717, 1.165) is 4.90 Å². The van der Waals surface area contributed by atoms with Crippen LogP contribution < -0.4 is 5.32 Å². The van der Waals surface area contributed by atoms with Gasteiger partial charge in [0, 0.05) is 10.7 Å². The maximum atomic E-state index is 11.9. The molecule has 0 aromatic heterocycles. The van der Waals surface area contributed by atoms with E-state index in [2.05, 4.69) is 10.1 Å². The van der Waals surface area contributed by atoms with Gasteiger partial charge >= 0.3 is 12.2 Å². The van der Waals surface area contributed by atoms with Crippen LogP contribution in [0.5, 0.6) is 0 Å². The number of carbonyl (C=O) groups is 2. The van der Waals surface area contributed by atoms with Crippen LogP contribution in [0.15, 0.2) is 24.3 Å². The Hall–Kier alpha value is -1.99. The molecule has 7 nitrogen and oxygen atoms in total. The maximum Gasteiger partial charge on any atom is 0.507 e. The summed E-state index contributed by atoms with van der Waals surface area (Å²) in [6.07, 6.45) is -2.40. The molecule has 1 aliphatic rings. The molecule has 2 amide bonds. The number of carbonyl (C=O) groups excluding carboxylic acids is 1. The molecule has 1 aromatic rings. The van der Waals surface area contributed by atoms with Crippen LogP contribution in [0.1, 0.15) is 0 Å². The normalized spacial score (nSPS) is 18.2. The summed E-state index contributed by atoms with van der Waals surface area (Å²) in [5.41, 5.74) is 0.537. The van der Waals surface area contributed by atoms with E-state index in [-0.39, 0.29) is 13.3 Å². The topological polar surface area (TPSA) is 88.1 Å². The molecule has 19 heavy (non-hydrogen) atoms. The van der Waals surface area contributed by atoms with Gasteiger partial charge in [-0.1, -0.05) is 11.6 Å². The number of hydrogen-bond donors (Lipinski definition) is 2. The first kappa shape index (κ1) is 13.4. The summed E-state index contributed by atoms with van der Waals surface area (Å²) in [6, 6.07) is 6.01. The van der Waals surface area contributed by atoms with E-state index in [1.807, 2.05) is 0 Å². The number of urea groups is 1. The highest BCUT2D eigenvalue weighted by atomic mass is 35.5. The van der Waals surface area contributed by atoms with Crippen LogP contribution in [0.25, 0.3) is 0 Å². The number of amides is 2. The smallest absolute Gasteiger partial charge is 0.450 e. The molecule has 1 heterocycles. The maximum absolute atomic E-state index is 11.9. The van der Waals surface area contributed by atoms with E-state index < -0.39 is 18.4 Å². The number of rotatable bonds is 2. The van der Waals surface area contributed by atoms with Crippen molar-refractivity contribution in [3.05, 3.63) is 29.3 Å². The lowest BCUT2D eigenvalue weighted by Gasteiger charge is -2.21. The summed E-state index contributed by atoms with van der Waals surface area (Å²) in [4.78, 5) is 23.5. The standard InChI is InChI=1S/C11H11ClN2O5/c12-7-1-3-8(4-2-7)13-10(15)14-6-18-5-9(14)19-11(16)17/h1-4,9H,5-6H2,(H,13,15)(H,16,17)/t9-/m1/s1. The van der Waals surface area contributed by atoms with Crippen molar-refractivity contribution in [3.8, 4) is 0 Å². The molecule has 2 rings (SSSR count). The van der Waals surface area contributed by atoms with Gasteiger partial charge in [0.15, 0.2) is 0 Å². The van der Waals surface area contributed by atoms with Crippen LogP contribution >= 0.6 is 11.6 Å². The van der Waals surface area contributed by atoms with Crippen molar-refractivity contribution in [2.45, 2.75) is 6.23 Å². The molecule has 102 valence electrons. The minimum Gasteiger partial charge on any atom is -0.450 e. The molecular formula is C11H11ClN2O5. The summed E-state index contributed by atoms with van der Waals surface area (Å²) in [6.45, 7) is -0.0162. The third-order valence-electron chi connectivity index (χ3n) is 2.43. The molecule has 0 aliphatic carbocycles. The molecule has 8 heteroatoms. The van der Waals surface area contributed by atoms with E-state index >= 15 is 0 Å². The molecule has 0 saturated carbocycles. The minimum absolute atomic E-state index is 0.0142. The highest BCUT2D eigenvalue weighted by Gasteiger charge is 2.32. The molecule has 1 fully saturated rings. The summed E-state index contributed by atoms with van der Waals surface area (Å²) in [5.74, 6) is 0. The van der Waals surface area contributed by atoms with Gasteiger partial charge in [0.2, 0.25) is 6.23 Å². The lowest BCUT2D eigenvalue weighted by molar-refractivity contribution is 0.00953. The fraction of sp³-hybridized carbons (Fsp3) is 0.273. The number of halogens is 1. The van der Waals surface area contributed by atoms with Gasteiger partial charge < -0.3 is 19.9 Å². The van der Waals surface area contributed by atoms with Gasteiger partial charge in [0.1, 0.15) is 13.3 Å². The van der Waals surface area contributed by atoms with Crippen LogP contribution in [-0.2, 0) is 9.47 Å². The zero-order valence-corrected chi connectivity index (χ0v) is 10.5. The number of nitrogens with zero attached hydrogens (tertiary/aromatic N) is 1. The SMILES string of the molecule is O=C(O)O[C@@H]1COCN1C(=O)Nc1ccc(Cl)cc1. The van der Waals surface area contributed by atoms with Crippen molar-refractivity contribution in [1.82, 2.24) is 4.90 Å². The second kappa shape index (κ2) is 5.77. The molecule has 0 bridgehead atoms. The van der Waals surface area contributed by atoms with Crippen molar-refractivity contribution in [2.24, 2.45) is 0 Å². The highest BCUT2D eigenvalue weighted by Crippen LogP contribution is 2.16. The fourth-order valence-electron chi connectivity index (χ4n) is 1.56. The monoisotopic (exact) mass is 286 g/mol. The number of benzene rings is 1. The number of nitrogens with one attached hydrogen (secondary N) is 1. The van der Waals surface area contributed by atoms with Crippen molar-refractivity contribution in [2.75, 3.05) is 18.7 Å². The second-order valence-electron chi connectivity index (χ2n) is 3.75. The van der Waals surface area contributed by atoms with E-state index in [4.69, 9.17) is 21.4 Å². The first-order valence-corrected chi connectivity index (χ1v) is 5.74. The van der Waals surface area contributed by atoms with Crippen LogP contribution in [0.2, 0.25) is 5.02 Å². The summed E-state index contributed by atoms with van der Waals surface area (Å²) < 4.78 is 9.54. The summed E-state index contributed by atoms with van der Waals surface area (Å²) in [5, 5.41) is 11.7. The Labute approximate surface area is 113 Å². The Kier molecular flexibility index (Phi) is 4.08. The summed E-state index contributed by atoms with van der Waals surface area (Å²) >= 11 is 5.73. The van der Waals surface area contributed by atoms with Gasteiger partial charge in [-0.05, 0) is 24.3 Å². The van der Waals surface area contributed by atoms with Crippen LogP contribution in [0, 0.1) is 0 Å². The van der Waals surface area contributed by atoms with E-state index in [9.17, 15) is 9.59 Å². The van der Waals surface area contributed by atoms with Gasteiger partial charge in [0.05, 0.1) is 0 Å². The number of anilines is 1. The Bertz CT molecular complexity index is 478. The van der Waals surface area contributed by atoms with Gasteiger partial charge in [-0.3, -0.25) is 4.90 Å². The Morgan fingerprint density at radius 2 is 2.11 bits per heavy atom. The Morgan fingerprint density at radius 3 is 2.74 bits per heavy atom. The zero-order valence-electron chi connectivity index (χ0n) is 9.71. The lowest BCUT2D eigenvalue weighted by atomic mass is 10.3. The van der Waals surface area contributed by atoms with Crippen molar-refractivity contribution >= 4 is 29.5 Å². The Morgan fingerprint density at radius 1 is 1.42 bits per heavy atom. The first-order valence-electron chi connectivity index (χ1n) is 5.37. The molecule has 1 atom stereocenters. The van der Waals surface area contributed by atoms with Gasteiger partial charge in [-0.15, -0.1) is 0 Å². The summed E-state index contributed by atoms with van der Waals surface area (Å²) in [7, 11) is 0. The van der Waals surface area contributed by atoms with Gasteiger partial charge in [-0.25, -0.2) is 9.59 Å². The molecule has 2 N–H and O–H groups in total. The molecule has 0 radical (unpaired) electrons. The predicted molar refractivity (Wildman–Crippen MR) is 66.0 cm³/mol. The van der Waals surface area contributed by atoms with Crippen LogP contribution in [0.3, 0.4) is 0 Å². The van der Waals surface area contributed by atoms with Crippen LogP contribution in [-0.4, -0.2) is 41.8 Å². The lowest BCUT2D eigenvalue weighted by Crippen LogP contribution is -2.41. The molecule has 0 spiro atoms. The van der Waals surface area contributed by atoms with E-state index in [1.165, 1.54) is 0 Å². The average Bonchev–Trinajstić information content (AvgIpc) is 2.79. The third-order valence-corrected chi connectivity index (χ3v) is 2.68. The van der Waals surface area contributed by atoms with Crippen molar-refractivity contribution in [3.63, 3.8) is 0 Å². The molecule has 1 saturated heterocycles. The van der Waals surface area contributed by atoms with Crippen LogP contribution in [0.4, 0.5) is 15.3 Å². The number of ether oxygens (including phenoxy) is 2. The predicted octanol–water partition coefficient (Wildman–Crippen LogP) is 2.18. The molecule has 1 aliphatic heterocycles.